The number of ether oxygens (including phenoxy) is 2. The van der Waals surface area contributed by atoms with Crippen LogP contribution in [0.1, 0.15) is 0 Å². The Morgan fingerprint density at radius 1 is 1.24 bits per heavy atom. The molecule has 0 spiro atoms. The Morgan fingerprint density at radius 2 is 2.04 bits per heavy atom. The lowest BCUT2D eigenvalue weighted by molar-refractivity contribution is 0.121. The number of hydrogen-bond donors (Lipinski definition) is 0. The molecule has 7 heteroatoms. The quantitative estimate of drug-likeness (QED) is 0.715. The maximum atomic E-state index is 14.1. The van der Waals surface area contributed by atoms with Gasteiger partial charge in [-0.3, -0.25) is 4.79 Å². The van der Waals surface area contributed by atoms with Gasteiger partial charge in [0.15, 0.2) is 23.0 Å². The van der Waals surface area contributed by atoms with Gasteiger partial charge in [0.1, 0.15) is 4.70 Å². The Balaban J connectivity index is 1.83. The van der Waals surface area contributed by atoms with E-state index in [1.54, 1.807) is 12.1 Å². The lowest BCUT2D eigenvalue weighted by atomic mass is 10.1. The summed E-state index contributed by atoms with van der Waals surface area (Å²) in [6.07, 6.45) is 0. The number of fused-ring (bicyclic) bond motifs is 1. The molecular weight excluding hydrogens is 345 g/mol. The zero-order chi connectivity index (χ0) is 17.4. The van der Waals surface area contributed by atoms with Crippen LogP contribution in [0.3, 0.4) is 0 Å². The summed E-state index contributed by atoms with van der Waals surface area (Å²) in [7, 11) is 1.42. The van der Waals surface area contributed by atoms with E-state index in [-0.39, 0.29) is 11.2 Å². The van der Waals surface area contributed by atoms with Gasteiger partial charge in [-0.2, -0.15) is 0 Å². The van der Waals surface area contributed by atoms with E-state index in [1.807, 2.05) is 10.3 Å². The van der Waals surface area contributed by atoms with Crippen molar-refractivity contribution in [3.05, 3.63) is 45.7 Å². The van der Waals surface area contributed by atoms with Gasteiger partial charge in [0.25, 0.3) is 0 Å². The van der Waals surface area contributed by atoms with Crippen LogP contribution in [0.5, 0.6) is 5.75 Å². The van der Waals surface area contributed by atoms with Gasteiger partial charge < -0.3 is 18.8 Å². The van der Waals surface area contributed by atoms with Gasteiger partial charge in [0.2, 0.25) is 5.43 Å². The number of anilines is 1. The summed E-state index contributed by atoms with van der Waals surface area (Å²) < 4.78 is 30.9. The summed E-state index contributed by atoms with van der Waals surface area (Å²) in [5.41, 5.74) is 1.75. The molecule has 0 bridgehead atoms. The third-order valence-electron chi connectivity index (χ3n) is 4.22. The molecule has 1 aliphatic heterocycles. The number of thiophene rings is 1. The van der Waals surface area contributed by atoms with Crippen molar-refractivity contribution in [2.75, 3.05) is 38.3 Å². The lowest BCUT2D eigenvalue weighted by Gasteiger charge is -2.27. The summed E-state index contributed by atoms with van der Waals surface area (Å²) in [5, 5.41) is 1.82. The van der Waals surface area contributed by atoms with Crippen LogP contribution in [-0.4, -0.2) is 33.4 Å². The van der Waals surface area contributed by atoms with Gasteiger partial charge >= 0.3 is 0 Å². The van der Waals surface area contributed by atoms with Gasteiger partial charge in [0, 0.05) is 30.1 Å². The molecular formula is C18H16FNO4S. The Bertz CT molecular complexity index is 975. The molecule has 0 aliphatic carbocycles. The normalized spacial score (nSPS) is 14.9. The second-order valence-corrected chi connectivity index (χ2v) is 6.58. The Morgan fingerprint density at radius 3 is 2.76 bits per heavy atom. The summed E-state index contributed by atoms with van der Waals surface area (Å²) in [5.74, 6) is 0.249. The predicted octanol–water partition coefficient (Wildman–Crippen LogP) is 3.51. The molecule has 1 fully saturated rings. The van der Waals surface area contributed by atoms with E-state index >= 15 is 0 Å². The molecule has 3 aromatic rings. The third kappa shape index (κ3) is 2.89. The highest BCUT2D eigenvalue weighted by Crippen LogP contribution is 2.36. The van der Waals surface area contributed by atoms with Crippen molar-refractivity contribution in [1.29, 1.82) is 0 Å². The van der Waals surface area contributed by atoms with Gasteiger partial charge in [0.05, 0.1) is 20.3 Å². The van der Waals surface area contributed by atoms with E-state index in [4.69, 9.17) is 13.9 Å². The average Bonchev–Trinajstić information content (AvgIpc) is 3.07. The second kappa shape index (κ2) is 6.50. The molecule has 1 saturated heterocycles. The molecule has 3 heterocycles. The number of nitrogens with zero attached hydrogens (tertiary/aromatic N) is 1. The minimum Gasteiger partial charge on any atom is -0.494 e. The highest BCUT2D eigenvalue weighted by molar-refractivity contribution is 7.17. The summed E-state index contributed by atoms with van der Waals surface area (Å²) in [4.78, 5) is 14.4. The molecule has 5 nitrogen and oxygen atoms in total. The van der Waals surface area contributed by atoms with E-state index in [0.717, 1.165) is 0 Å². The maximum Gasteiger partial charge on any atom is 0.204 e. The number of rotatable bonds is 3. The first-order valence-corrected chi connectivity index (χ1v) is 8.77. The van der Waals surface area contributed by atoms with Crippen molar-refractivity contribution < 1.29 is 18.3 Å². The smallest absolute Gasteiger partial charge is 0.204 e. The Kier molecular flexibility index (Phi) is 4.19. The van der Waals surface area contributed by atoms with Gasteiger partial charge in [-0.05, 0) is 17.7 Å². The van der Waals surface area contributed by atoms with Gasteiger partial charge in [-0.25, -0.2) is 4.39 Å². The minimum atomic E-state index is -0.453. The van der Waals surface area contributed by atoms with Crippen LogP contribution in [0, 0.1) is 5.82 Å². The Hall–Kier alpha value is -2.38. The van der Waals surface area contributed by atoms with E-state index in [9.17, 15) is 9.18 Å². The SMILES string of the molecule is COc1ccc(-c2csc3c(=O)cc(N4CCOCC4)oc23)cc1F. The molecule has 0 N–H and O–H groups in total. The second-order valence-electron chi connectivity index (χ2n) is 5.71. The fourth-order valence-corrected chi connectivity index (χ4v) is 3.82. The lowest BCUT2D eigenvalue weighted by Crippen LogP contribution is -2.36. The predicted molar refractivity (Wildman–Crippen MR) is 95.3 cm³/mol. The van der Waals surface area contributed by atoms with Crippen LogP contribution in [0.15, 0.2) is 38.9 Å². The number of methoxy groups -OCH3 is 1. The first-order valence-electron chi connectivity index (χ1n) is 7.89. The third-order valence-corrected chi connectivity index (χ3v) is 5.19. The van der Waals surface area contributed by atoms with Crippen LogP contribution in [0.4, 0.5) is 10.3 Å². The summed E-state index contributed by atoms with van der Waals surface area (Å²) in [6.45, 7) is 2.54. The van der Waals surface area contributed by atoms with Crippen LogP contribution in [0.2, 0.25) is 0 Å². The number of benzene rings is 1. The van der Waals surface area contributed by atoms with E-state index in [0.29, 0.717) is 53.6 Å². The molecule has 4 rings (SSSR count). The maximum absolute atomic E-state index is 14.1. The topological polar surface area (TPSA) is 51.9 Å². The first-order chi connectivity index (χ1) is 12.2. The fourth-order valence-electron chi connectivity index (χ4n) is 2.90. The van der Waals surface area contributed by atoms with Gasteiger partial charge in [-0.15, -0.1) is 11.3 Å². The molecule has 0 amide bonds. The van der Waals surface area contributed by atoms with Crippen molar-refractivity contribution in [3.63, 3.8) is 0 Å². The van der Waals surface area contributed by atoms with Crippen LogP contribution in [-0.2, 0) is 4.74 Å². The summed E-state index contributed by atoms with van der Waals surface area (Å²) in [6, 6.07) is 6.23. The molecule has 0 saturated carbocycles. The molecule has 0 atom stereocenters. The largest absolute Gasteiger partial charge is 0.494 e. The van der Waals surface area contributed by atoms with Crippen molar-refractivity contribution >= 4 is 27.5 Å². The van der Waals surface area contributed by atoms with Crippen molar-refractivity contribution in [1.82, 2.24) is 0 Å². The first kappa shape index (κ1) is 16.1. The molecule has 0 radical (unpaired) electrons. The Labute approximate surface area is 147 Å². The molecule has 2 aromatic heterocycles. The highest BCUT2D eigenvalue weighted by Gasteiger charge is 2.19. The average molecular weight is 361 g/mol. The van der Waals surface area contributed by atoms with E-state index in [2.05, 4.69) is 0 Å². The molecule has 1 aliphatic rings. The fraction of sp³-hybridized carbons (Fsp3) is 0.278. The minimum absolute atomic E-state index is 0.0898. The zero-order valence-corrected chi connectivity index (χ0v) is 14.4. The zero-order valence-electron chi connectivity index (χ0n) is 13.6. The number of halogens is 1. The van der Waals surface area contributed by atoms with Crippen molar-refractivity contribution in [2.45, 2.75) is 0 Å². The molecule has 25 heavy (non-hydrogen) atoms. The van der Waals surface area contributed by atoms with Crippen molar-refractivity contribution in [2.24, 2.45) is 0 Å². The standard InChI is InChI=1S/C18H16FNO4S/c1-22-15-3-2-11(8-13(15)19)12-10-25-18-14(21)9-16(24-17(12)18)20-4-6-23-7-5-20/h2-3,8-10H,4-7H2,1H3. The highest BCUT2D eigenvalue weighted by atomic mass is 32.1. The van der Waals surface area contributed by atoms with Crippen LogP contribution >= 0.6 is 11.3 Å². The van der Waals surface area contributed by atoms with Crippen molar-refractivity contribution in [3.8, 4) is 16.9 Å². The van der Waals surface area contributed by atoms with E-state index < -0.39 is 5.82 Å². The monoisotopic (exact) mass is 361 g/mol. The number of hydrogen-bond acceptors (Lipinski definition) is 6. The molecule has 0 unspecified atom stereocenters. The van der Waals surface area contributed by atoms with E-state index in [1.165, 1.54) is 30.6 Å². The molecule has 1 aromatic carbocycles. The summed E-state index contributed by atoms with van der Waals surface area (Å²) >= 11 is 1.30. The van der Waals surface area contributed by atoms with Gasteiger partial charge in [-0.1, -0.05) is 6.07 Å². The van der Waals surface area contributed by atoms with Crippen LogP contribution in [0.25, 0.3) is 21.4 Å². The molecule has 130 valence electrons. The van der Waals surface area contributed by atoms with Crippen LogP contribution < -0.4 is 15.1 Å². The number of morpholine rings is 1.